The molecule has 8 nitrogen and oxygen atoms in total. The van der Waals surface area contributed by atoms with Gasteiger partial charge >= 0.3 is 6.09 Å². The fourth-order valence-electron chi connectivity index (χ4n) is 3.06. The summed E-state index contributed by atoms with van der Waals surface area (Å²) in [6.07, 6.45) is 5.07. The molecule has 132 valence electrons. The van der Waals surface area contributed by atoms with E-state index < -0.39 is 12.1 Å². The highest BCUT2D eigenvalue weighted by atomic mass is 16.5. The van der Waals surface area contributed by atoms with Crippen LogP contribution in [0.1, 0.15) is 24.8 Å². The second-order valence-electron chi connectivity index (χ2n) is 5.86. The summed E-state index contributed by atoms with van der Waals surface area (Å²) in [4.78, 5) is 29.9. The standard InChI is InChI=1S/C17H21N5O3/c1-25-17(24)21-9-5-4-8-15(21)16(23)19-10-13-6-2-3-7-14(13)22-12-18-11-20-22/h2-3,6-7,11-12,15H,4-5,8-10H2,1H3,(H,19,23)/t15-/m1/s1. The van der Waals surface area contributed by atoms with Crippen LogP contribution in [0.3, 0.4) is 0 Å². The van der Waals surface area contributed by atoms with Crippen LogP contribution < -0.4 is 5.32 Å². The SMILES string of the molecule is COC(=O)N1CCCC[C@@H]1C(=O)NCc1ccccc1-n1cncn1. The number of amides is 2. The number of piperidine rings is 1. The van der Waals surface area contributed by atoms with Gasteiger partial charge < -0.3 is 10.1 Å². The lowest BCUT2D eigenvalue weighted by molar-refractivity contribution is -0.127. The van der Waals surface area contributed by atoms with Gasteiger partial charge in [-0.1, -0.05) is 18.2 Å². The van der Waals surface area contributed by atoms with Crippen molar-refractivity contribution in [2.24, 2.45) is 0 Å². The molecule has 1 aliphatic heterocycles. The number of ether oxygens (including phenoxy) is 1. The van der Waals surface area contributed by atoms with Crippen molar-refractivity contribution in [2.75, 3.05) is 13.7 Å². The molecule has 1 aromatic heterocycles. The Bertz CT molecular complexity index is 732. The van der Waals surface area contributed by atoms with Gasteiger partial charge in [-0.2, -0.15) is 5.10 Å². The van der Waals surface area contributed by atoms with E-state index in [0.717, 1.165) is 24.1 Å². The number of rotatable bonds is 4. The third kappa shape index (κ3) is 3.78. The van der Waals surface area contributed by atoms with Crippen LogP contribution in [-0.2, 0) is 16.1 Å². The summed E-state index contributed by atoms with van der Waals surface area (Å²) in [5.41, 5.74) is 1.77. The van der Waals surface area contributed by atoms with Crippen LogP contribution in [0.25, 0.3) is 5.69 Å². The van der Waals surface area contributed by atoms with Crippen molar-refractivity contribution in [3.63, 3.8) is 0 Å². The Hall–Kier alpha value is -2.90. The summed E-state index contributed by atoms with van der Waals surface area (Å²) < 4.78 is 6.45. The largest absolute Gasteiger partial charge is 0.453 e. The minimum atomic E-state index is -0.486. The molecular formula is C17H21N5O3. The number of methoxy groups -OCH3 is 1. The van der Waals surface area contributed by atoms with E-state index in [2.05, 4.69) is 15.4 Å². The van der Waals surface area contributed by atoms with Gasteiger partial charge in [0.2, 0.25) is 5.91 Å². The molecule has 0 aliphatic carbocycles. The average Bonchev–Trinajstić information content (AvgIpc) is 3.20. The number of nitrogens with one attached hydrogen (secondary N) is 1. The van der Waals surface area contributed by atoms with Crippen molar-refractivity contribution in [2.45, 2.75) is 31.8 Å². The summed E-state index contributed by atoms with van der Waals surface area (Å²) in [5, 5.41) is 7.06. The maximum absolute atomic E-state index is 12.6. The Morgan fingerprint density at radius 2 is 2.16 bits per heavy atom. The Kier molecular flexibility index (Phi) is 5.27. The molecule has 1 saturated heterocycles. The van der Waals surface area contributed by atoms with Crippen molar-refractivity contribution < 1.29 is 14.3 Å². The van der Waals surface area contributed by atoms with Crippen LogP contribution >= 0.6 is 0 Å². The summed E-state index contributed by atoms with van der Waals surface area (Å²) in [5.74, 6) is -0.168. The molecule has 0 unspecified atom stereocenters. The molecule has 0 spiro atoms. The predicted molar refractivity (Wildman–Crippen MR) is 90.0 cm³/mol. The van der Waals surface area contributed by atoms with E-state index in [9.17, 15) is 9.59 Å². The molecule has 3 rings (SSSR count). The zero-order chi connectivity index (χ0) is 17.6. The lowest BCUT2D eigenvalue weighted by atomic mass is 10.0. The molecule has 2 heterocycles. The van der Waals surface area contributed by atoms with Crippen molar-refractivity contribution in [1.29, 1.82) is 0 Å². The number of likely N-dealkylation sites (tertiary alicyclic amines) is 1. The van der Waals surface area contributed by atoms with Gasteiger partial charge in [-0.05, 0) is 30.9 Å². The molecule has 2 amide bonds. The molecule has 1 atom stereocenters. The highest BCUT2D eigenvalue weighted by molar-refractivity contribution is 5.85. The van der Waals surface area contributed by atoms with Gasteiger partial charge in [0.25, 0.3) is 0 Å². The summed E-state index contributed by atoms with van der Waals surface area (Å²) >= 11 is 0. The van der Waals surface area contributed by atoms with E-state index in [1.165, 1.54) is 18.3 Å². The van der Waals surface area contributed by atoms with E-state index in [4.69, 9.17) is 4.74 Å². The number of benzene rings is 1. The zero-order valence-corrected chi connectivity index (χ0v) is 14.1. The van der Waals surface area contributed by atoms with Crippen LogP contribution in [0, 0.1) is 0 Å². The average molecular weight is 343 g/mol. The summed E-state index contributed by atoms with van der Waals surface area (Å²) in [6.45, 7) is 0.890. The maximum atomic E-state index is 12.6. The van der Waals surface area contributed by atoms with Crippen LogP contribution in [0.15, 0.2) is 36.9 Å². The predicted octanol–water partition coefficient (Wildman–Crippen LogP) is 1.50. The molecule has 1 aromatic carbocycles. The molecule has 2 aromatic rings. The number of carbonyl (C=O) groups excluding carboxylic acids is 2. The highest BCUT2D eigenvalue weighted by Gasteiger charge is 2.32. The third-order valence-electron chi connectivity index (χ3n) is 4.32. The first-order valence-electron chi connectivity index (χ1n) is 8.26. The second kappa shape index (κ2) is 7.78. The van der Waals surface area contributed by atoms with Crippen LogP contribution in [0.4, 0.5) is 4.79 Å². The third-order valence-corrected chi connectivity index (χ3v) is 4.32. The van der Waals surface area contributed by atoms with Gasteiger partial charge in [0.15, 0.2) is 0 Å². The Morgan fingerprint density at radius 1 is 1.32 bits per heavy atom. The van der Waals surface area contributed by atoms with Crippen LogP contribution in [-0.4, -0.2) is 51.4 Å². The van der Waals surface area contributed by atoms with Gasteiger partial charge in [-0.3, -0.25) is 9.69 Å². The van der Waals surface area contributed by atoms with E-state index in [0.29, 0.717) is 19.5 Å². The van der Waals surface area contributed by atoms with Crippen molar-refractivity contribution in [3.05, 3.63) is 42.5 Å². The van der Waals surface area contributed by atoms with Gasteiger partial charge in [0.1, 0.15) is 18.7 Å². The lowest BCUT2D eigenvalue weighted by Crippen LogP contribution is -2.51. The number of carbonyl (C=O) groups is 2. The summed E-state index contributed by atoms with van der Waals surface area (Å²) in [6, 6.07) is 7.17. The summed E-state index contributed by atoms with van der Waals surface area (Å²) in [7, 11) is 1.33. The number of nitrogens with zero attached hydrogens (tertiary/aromatic N) is 4. The molecule has 1 fully saturated rings. The quantitative estimate of drug-likeness (QED) is 0.909. The number of para-hydroxylation sites is 1. The number of hydrogen-bond donors (Lipinski definition) is 1. The van der Waals surface area contributed by atoms with E-state index in [-0.39, 0.29) is 5.91 Å². The minimum absolute atomic E-state index is 0.168. The fourth-order valence-corrected chi connectivity index (χ4v) is 3.06. The molecule has 25 heavy (non-hydrogen) atoms. The van der Waals surface area contributed by atoms with Gasteiger partial charge in [-0.25, -0.2) is 14.5 Å². The molecule has 0 radical (unpaired) electrons. The molecule has 1 N–H and O–H groups in total. The first-order valence-corrected chi connectivity index (χ1v) is 8.26. The minimum Gasteiger partial charge on any atom is -0.453 e. The first kappa shape index (κ1) is 16.9. The lowest BCUT2D eigenvalue weighted by Gasteiger charge is -2.33. The van der Waals surface area contributed by atoms with E-state index >= 15 is 0 Å². The van der Waals surface area contributed by atoms with Gasteiger partial charge in [-0.15, -0.1) is 0 Å². The Labute approximate surface area is 145 Å². The Balaban J connectivity index is 1.69. The molecular weight excluding hydrogens is 322 g/mol. The van der Waals surface area contributed by atoms with Crippen molar-refractivity contribution in [3.8, 4) is 5.69 Å². The topological polar surface area (TPSA) is 89.4 Å². The molecule has 8 heteroatoms. The Morgan fingerprint density at radius 3 is 2.92 bits per heavy atom. The normalized spacial score (nSPS) is 17.2. The van der Waals surface area contributed by atoms with Crippen molar-refractivity contribution >= 4 is 12.0 Å². The molecule has 0 saturated carbocycles. The number of hydrogen-bond acceptors (Lipinski definition) is 5. The van der Waals surface area contributed by atoms with E-state index in [1.807, 2.05) is 24.3 Å². The fraction of sp³-hybridized carbons (Fsp3) is 0.412. The first-order chi connectivity index (χ1) is 12.2. The number of aromatic nitrogens is 3. The van der Waals surface area contributed by atoms with Gasteiger partial charge in [0, 0.05) is 13.1 Å². The van der Waals surface area contributed by atoms with Gasteiger partial charge in [0.05, 0.1) is 12.8 Å². The second-order valence-corrected chi connectivity index (χ2v) is 5.86. The smallest absolute Gasteiger partial charge is 0.410 e. The van der Waals surface area contributed by atoms with E-state index in [1.54, 1.807) is 11.0 Å². The maximum Gasteiger partial charge on any atom is 0.410 e. The molecule has 0 bridgehead atoms. The molecule has 1 aliphatic rings. The monoisotopic (exact) mass is 343 g/mol. The highest BCUT2D eigenvalue weighted by Crippen LogP contribution is 2.19. The zero-order valence-electron chi connectivity index (χ0n) is 14.1. The van der Waals surface area contributed by atoms with Crippen LogP contribution in [0.2, 0.25) is 0 Å². The van der Waals surface area contributed by atoms with Crippen molar-refractivity contribution in [1.82, 2.24) is 25.0 Å². The van der Waals surface area contributed by atoms with Crippen LogP contribution in [0.5, 0.6) is 0 Å².